The van der Waals surface area contributed by atoms with Gasteiger partial charge in [-0.1, -0.05) is 115 Å². The molecule has 0 saturated carbocycles. The molecule has 0 bridgehead atoms. The van der Waals surface area contributed by atoms with E-state index in [0.29, 0.717) is 34.8 Å². The molecule has 1 aliphatic heterocycles. The summed E-state index contributed by atoms with van der Waals surface area (Å²) >= 11 is 3.49. The van der Waals surface area contributed by atoms with Crippen LogP contribution in [0.25, 0.3) is 106 Å². The van der Waals surface area contributed by atoms with Gasteiger partial charge in [-0.25, -0.2) is 15.0 Å². The largest absolute Gasteiger partial charge is 0.494 e. The van der Waals surface area contributed by atoms with Gasteiger partial charge in [-0.15, -0.1) is 30.6 Å². The van der Waals surface area contributed by atoms with Crippen molar-refractivity contribution in [2.24, 2.45) is 0 Å². The Morgan fingerprint density at radius 1 is 0.435 bits per heavy atom. The normalized spacial score (nSPS) is 13.4. The fraction of sp³-hybridized carbons (Fsp3) is 0.100. The molecule has 418 valence electrons. The van der Waals surface area contributed by atoms with Gasteiger partial charge in [-0.3, -0.25) is 28.5 Å². The summed E-state index contributed by atoms with van der Waals surface area (Å²) in [6, 6.07) is 47.9. The number of anilines is 3. The van der Waals surface area contributed by atoms with Crippen LogP contribution in [0.3, 0.4) is 0 Å². The standard InChI is InChI=1S/2C18H13N7.C13H17BN2O2.C11H8BrN5/c2*19-18-22-16(11-4-2-1-3-5-11)15(17-24-21-10-25(17)18)12-6-7-14-13(8-12)9-20-23-14;1-12(2)13(3,4)18-14(17-12)10-5-6-11-9(7-10)8-15-16-11;12-8-9(7-4-2-1-3-5-7)15-11(13)17-6-14-16-10(8)17/h2*1-10H,(H2,19,22)(H,20,23);5-8H,1-4H3,(H,15,16);1-6H,(H2,13,15). The number of aromatic nitrogens is 18. The van der Waals surface area contributed by atoms with E-state index < -0.39 is 0 Å². The second kappa shape index (κ2) is 21.9. The molecule has 0 amide bonds. The van der Waals surface area contributed by atoms with E-state index in [9.17, 15) is 0 Å². The highest BCUT2D eigenvalue weighted by atomic mass is 79.9. The molecular weight excluding hydrogens is 1140 g/mol. The average molecular weight is 1190 g/mol. The third-order valence-corrected chi connectivity index (χ3v) is 15.7. The summed E-state index contributed by atoms with van der Waals surface area (Å²) in [6.07, 6.45) is 10.1. The SMILES string of the molecule is CC1(C)OB(c2ccc3[nH]ncc3c2)OC1(C)C.Nc1nc(-c2ccccc2)c(-c2ccc3[nH]ncc3c2)c2nncn12.Nc1nc(-c2ccccc2)c(-c2ccc3[nH]ncc3c2)c2nncn12.Nc1nc(-c2ccccc2)c(Br)c2nncn12. The number of benzene rings is 6. The summed E-state index contributed by atoms with van der Waals surface area (Å²) in [5, 5.41) is 48.6. The summed E-state index contributed by atoms with van der Waals surface area (Å²) in [6.45, 7) is 8.24. The highest BCUT2D eigenvalue weighted by molar-refractivity contribution is 9.10. The van der Waals surface area contributed by atoms with Crippen molar-refractivity contribution in [1.82, 2.24) is 89.3 Å². The topological polar surface area (TPSA) is 312 Å². The first kappa shape index (κ1) is 53.5. The summed E-state index contributed by atoms with van der Waals surface area (Å²) in [5.74, 6) is 1.08. The number of fused-ring (bicyclic) bond motifs is 6. The summed E-state index contributed by atoms with van der Waals surface area (Å²) in [7, 11) is -0.311. The van der Waals surface area contributed by atoms with Crippen molar-refractivity contribution < 1.29 is 9.31 Å². The zero-order valence-electron chi connectivity index (χ0n) is 46.0. The number of rotatable bonds is 6. The molecule has 0 unspecified atom stereocenters. The summed E-state index contributed by atoms with van der Waals surface area (Å²) < 4.78 is 17.9. The van der Waals surface area contributed by atoms with Crippen molar-refractivity contribution in [2.45, 2.75) is 38.9 Å². The highest BCUT2D eigenvalue weighted by Gasteiger charge is 2.51. The Kier molecular flexibility index (Phi) is 13.8. The lowest BCUT2D eigenvalue weighted by Crippen LogP contribution is -2.41. The minimum atomic E-state index is -0.311. The summed E-state index contributed by atoms with van der Waals surface area (Å²) in [4.78, 5) is 13.6. The lowest BCUT2D eigenvalue weighted by atomic mass is 9.79. The molecule has 85 heavy (non-hydrogen) atoms. The monoisotopic (exact) mass is 1190 g/mol. The molecule has 1 fully saturated rings. The minimum absolute atomic E-state index is 0.303. The molecule has 0 radical (unpaired) electrons. The van der Waals surface area contributed by atoms with Gasteiger partial charge in [0.1, 0.15) is 19.0 Å². The maximum absolute atomic E-state index is 6.12. The van der Waals surface area contributed by atoms with E-state index in [0.717, 1.165) is 98.7 Å². The van der Waals surface area contributed by atoms with Gasteiger partial charge in [0.25, 0.3) is 0 Å². The molecule has 23 nitrogen and oxygen atoms in total. The van der Waals surface area contributed by atoms with Crippen molar-refractivity contribution in [3.05, 3.63) is 188 Å². The van der Waals surface area contributed by atoms with Gasteiger partial charge in [0.05, 0.1) is 79.0 Å². The number of nitrogens with two attached hydrogens (primary N) is 3. The number of halogens is 1. The molecule has 9 N–H and O–H groups in total. The van der Waals surface area contributed by atoms with Crippen LogP contribution in [0.4, 0.5) is 17.8 Å². The van der Waals surface area contributed by atoms with E-state index in [1.165, 1.54) is 6.33 Å². The average Bonchev–Trinajstić information content (AvgIpc) is 3.90. The number of aromatic amines is 3. The van der Waals surface area contributed by atoms with Crippen LogP contribution < -0.4 is 22.7 Å². The molecule has 16 rings (SSSR count). The molecule has 0 aliphatic carbocycles. The van der Waals surface area contributed by atoms with E-state index in [2.05, 4.69) is 138 Å². The van der Waals surface area contributed by atoms with E-state index in [1.807, 2.05) is 134 Å². The summed E-state index contributed by atoms with van der Waals surface area (Å²) in [5.41, 5.74) is 32.5. The second-order valence-corrected chi connectivity index (χ2v) is 21.6. The number of nitrogens with zero attached hydrogens (tertiary/aromatic N) is 15. The first-order valence-corrected chi connectivity index (χ1v) is 27.5. The van der Waals surface area contributed by atoms with Crippen LogP contribution in [0.2, 0.25) is 0 Å². The smallest absolute Gasteiger partial charge is 0.399 e. The Morgan fingerprint density at radius 3 is 1.24 bits per heavy atom. The predicted molar refractivity (Wildman–Crippen MR) is 332 cm³/mol. The Hall–Kier alpha value is -10.8. The highest BCUT2D eigenvalue weighted by Crippen LogP contribution is 2.39. The van der Waals surface area contributed by atoms with Crippen molar-refractivity contribution in [3.8, 4) is 56.0 Å². The molecule has 0 spiro atoms. The van der Waals surface area contributed by atoms with Crippen LogP contribution in [0.5, 0.6) is 0 Å². The molecular formula is C60H51BBrN21O2. The zero-order valence-corrected chi connectivity index (χ0v) is 47.6. The molecule has 0 atom stereocenters. The number of hydrogen-bond donors (Lipinski definition) is 6. The van der Waals surface area contributed by atoms with Crippen LogP contribution >= 0.6 is 15.9 Å². The van der Waals surface area contributed by atoms with Crippen LogP contribution in [0.15, 0.2) is 188 Å². The second-order valence-electron chi connectivity index (χ2n) is 20.8. The first-order chi connectivity index (χ1) is 41.3. The Morgan fingerprint density at radius 2 is 0.800 bits per heavy atom. The van der Waals surface area contributed by atoms with Crippen LogP contribution in [-0.2, 0) is 9.31 Å². The van der Waals surface area contributed by atoms with Gasteiger partial charge < -0.3 is 26.5 Å². The van der Waals surface area contributed by atoms with Crippen molar-refractivity contribution in [2.75, 3.05) is 17.2 Å². The fourth-order valence-electron chi connectivity index (χ4n) is 9.89. The zero-order chi connectivity index (χ0) is 58.4. The van der Waals surface area contributed by atoms with Gasteiger partial charge in [-0.2, -0.15) is 15.3 Å². The van der Waals surface area contributed by atoms with Crippen LogP contribution in [0, 0.1) is 0 Å². The number of nitrogens with one attached hydrogen (secondary N) is 3. The predicted octanol–water partition coefficient (Wildman–Crippen LogP) is 9.83. The van der Waals surface area contributed by atoms with E-state index in [-0.39, 0.29) is 18.3 Å². The Labute approximate surface area is 492 Å². The Bertz CT molecular complexity index is 4680. The maximum atomic E-state index is 6.12. The molecule has 1 saturated heterocycles. The van der Waals surface area contributed by atoms with Crippen molar-refractivity contribution in [1.29, 1.82) is 0 Å². The lowest BCUT2D eigenvalue weighted by molar-refractivity contribution is 0.00578. The van der Waals surface area contributed by atoms with Crippen LogP contribution in [-0.4, -0.2) is 108 Å². The van der Waals surface area contributed by atoms with E-state index in [4.69, 9.17) is 26.5 Å². The number of H-pyrrole nitrogens is 3. The van der Waals surface area contributed by atoms with Crippen LogP contribution in [0.1, 0.15) is 27.7 Å². The first-order valence-electron chi connectivity index (χ1n) is 26.7. The molecule has 25 heteroatoms. The number of hydrogen-bond acceptors (Lipinski definition) is 17. The van der Waals surface area contributed by atoms with Crippen molar-refractivity contribution >= 4 is 96.0 Å². The van der Waals surface area contributed by atoms with Gasteiger partial charge in [0.2, 0.25) is 17.8 Å². The van der Waals surface area contributed by atoms with E-state index >= 15 is 0 Å². The maximum Gasteiger partial charge on any atom is 0.494 e. The van der Waals surface area contributed by atoms with Gasteiger partial charge in [-0.05, 0) is 90.5 Å². The fourth-order valence-corrected chi connectivity index (χ4v) is 10.5. The molecule has 1 aliphatic rings. The van der Waals surface area contributed by atoms with Crippen molar-refractivity contribution in [3.63, 3.8) is 0 Å². The quantitative estimate of drug-likeness (QED) is 0.0843. The van der Waals surface area contributed by atoms with E-state index in [1.54, 1.807) is 38.3 Å². The molecule has 10 heterocycles. The minimum Gasteiger partial charge on any atom is -0.399 e. The molecule has 6 aromatic carbocycles. The molecule has 9 aromatic heterocycles. The molecule has 15 aromatic rings. The van der Waals surface area contributed by atoms with Gasteiger partial charge in [0.15, 0.2) is 16.9 Å². The third-order valence-electron chi connectivity index (χ3n) is 15.0. The number of nitrogen functional groups attached to an aromatic ring is 3. The Balaban J connectivity index is 0.000000107. The lowest BCUT2D eigenvalue weighted by Gasteiger charge is -2.32. The van der Waals surface area contributed by atoms with Gasteiger partial charge >= 0.3 is 7.12 Å². The third kappa shape index (κ3) is 10.2. The van der Waals surface area contributed by atoms with Gasteiger partial charge in [0, 0.05) is 32.8 Å².